The van der Waals surface area contributed by atoms with Crippen LogP contribution in [0.4, 0.5) is 5.69 Å². The molecule has 4 heterocycles. The molecule has 2 aromatic rings. The lowest BCUT2D eigenvalue weighted by molar-refractivity contribution is 0.154. The van der Waals surface area contributed by atoms with Gasteiger partial charge in [0.2, 0.25) is 0 Å². The molecule has 2 fully saturated rings. The summed E-state index contributed by atoms with van der Waals surface area (Å²) in [6.45, 7) is 9.77. The third-order valence-corrected chi connectivity index (χ3v) is 6.57. The number of hydrogen-bond donors (Lipinski definition) is 0. The van der Waals surface area contributed by atoms with Crippen molar-refractivity contribution in [1.82, 2.24) is 20.1 Å². The van der Waals surface area contributed by atoms with Gasteiger partial charge in [0.1, 0.15) is 5.52 Å². The summed E-state index contributed by atoms with van der Waals surface area (Å²) < 4.78 is 10.4. The topological polar surface area (TPSA) is 57.9 Å². The van der Waals surface area contributed by atoms with Crippen LogP contribution in [0, 0.1) is 5.92 Å². The van der Waals surface area contributed by atoms with E-state index in [0.717, 1.165) is 62.7 Å². The first-order chi connectivity index (χ1) is 14.3. The van der Waals surface area contributed by atoms with Gasteiger partial charge in [0.25, 0.3) is 0 Å². The lowest BCUT2D eigenvalue weighted by Crippen LogP contribution is -2.51. The number of methoxy groups -OCH3 is 1. The third kappa shape index (κ3) is 4.04. The zero-order chi connectivity index (χ0) is 19.6. The summed E-state index contributed by atoms with van der Waals surface area (Å²) in [5, 5.41) is 8.37. The lowest BCUT2D eigenvalue weighted by Gasteiger charge is -2.42. The van der Waals surface area contributed by atoms with Crippen LogP contribution in [0.5, 0.6) is 0 Å². The van der Waals surface area contributed by atoms with Gasteiger partial charge in [-0.15, -0.1) is 0 Å². The van der Waals surface area contributed by atoms with E-state index < -0.39 is 0 Å². The maximum Gasteiger partial charge on any atom is 0.158 e. The van der Waals surface area contributed by atoms with Crippen LogP contribution < -0.4 is 4.90 Å². The van der Waals surface area contributed by atoms with Crippen LogP contribution in [0.15, 0.2) is 22.8 Å². The SMILES string of the molecule is COCCN1CCC=C(c2cc(N3CC(CN4CCCC4)C3)c3nonc3c2)C1. The van der Waals surface area contributed by atoms with Crippen molar-refractivity contribution in [2.45, 2.75) is 19.3 Å². The van der Waals surface area contributed by atoms with E-state index in [1.165, 1.54) is 49.3 Å². The Labute approximate surface area is 172 Å². The maximum absolute atomic E-state index is 5.26. The minimum Gasteiger partial charge on any atom is -0.383 e. The fraction of sp³-hybridized carbons (Fsp3) is 0.636. The first-order valence-corrected chi connectivity index (χ1v) is 10.9. The number of likely N-dealkylation sites (tertiary alicyclic amines) is 1. The van der Waals surface area contributed by atoms with Crippen molar-refractivity contribution in [3.05, 3.63) is 23.8 Å². The number of aromatic nitrogens is 2. The molecule has 0 unspecified atom stereocenters. The van der Waals surface area contributed by atoms with Gasteiger partial charge >= 0.3 is 0 Å². The predicted octanol–water partition coefficient (Wildman–Crippen LogP) is 2.49. The number of rotatable bonds is 7. The Kier molecular flexibility index (Phi) is 5.52. The van der Waals surface area contributed by atoms with Crippen molar-refractivity contribution in [3.8, 4) is 0 Å². The number of fused-ring (bicyclic) bond motifs is 1. The Morgan fingerprint density at radius 2 is 1.97 bits per heavy atom. The highest BCUT2D eigenvalue weighted by Crippen LogP contribution is 2.35. The molecule has 1 aromatic carbocycles. The largest absolute Gasteiger partial charge is 0.383 e. The van der Waals surface area contributed by atoms with Crippen LogP contribution >= 0.6 is 0 Å². The Balaban J connectivity index is 1.32. The van der Waals surface area contributed by atoms with Gasteiger partial charge in [-0.1, -0.05) is 6.08 Å². The molecule has 0 amide bonds. The number of benzene rings is 1. The summed E-state index contributed by atoms with van der Waals surface area (Å²) in [6.07, 6.45) is 6.17. The van der Waals surface area contributed by atoms with Gasteiger partial charge in [0.15, 0.2) is 5.52 Å². The highest BCUT2D eigenvalue weighted by atomic mass is 16.6. The van der Waals surface area contributed by atoms with Crippen LogP contribution in [0.3, 0.4) is 0 Å². The van der Waals surface area contributed by atoms with Crippen LogP contribution in [0.1, 0.15) is 24.8 Å². The van der Waals surface area contributed by atoms with Crippen LogP contribution in [-0.4, -0.2) is 86.2 Å². The second kappa shape index (κ2) is 8.42. The van der Waals surface area contributed by atoms with Gasteiger partial charge in [-0.3, -0.25) is 4.90 Å². The molecule has 0 N–H and O–H groups in total. The second-order valence-corrected chi connectivity index (χ2v) is 8.69. The summed E-state index contributed by atoms with van der Waals surface area (Å²) in [5.74, 6) is 0.755. The monoisotopic (exact) mass is 397 g/mol. The minimum absolute atomic E-state index is 0.755. The van der Waals surface area contributed by atoms with E-state index in [0.29, 0.717) is 0 Å². The van der Waals surface area contributed by atoms with E-state index in [2.05, 4.69) is 43.2 Å². The minimum atomic E-state index is 0.755. The zero-order valence-corrected chi connectivity index (χ0v) is 17.3. The van der Waals surface area contributed by atoms with Crippen molar-refractivity contribution in [3.63, 3.8) is 0 Å². The molecule has 29 heavy (non-hydrogen) atoms. The van der Waals surface area contributed by atoms with E-state index in [-0.39, 0.29) is 0 Å². The normalized spacial score (nSPS) is 21.7. The molecule has 5 rings (SSSR count). The quantitative estimate of drug-likeness (QED) is 0.711. The predicted molar refractivity (Wildman–Crippen MR) is 114 cm³/mol. The molecule has 0 atom stereocenters. The molecule has 3 aliphatic rings. The lowest BCUT2D eigenvalue weighted by atomic mass is 9.95. The van der Waals surface area contributed by atoms with Crippen molar-refractivity contribution in [2.75, 3.05) is 71.0 Å². The molecule has 7 heteroatoms. The van der Waals surface area contributed by atoms with Crippen molar-refractivity contribution in [1.29, 1.82) is 0 Å². The summed E-state index contributed by atoms with van der Waals surface area (Å²) in [7, 11) is 1.77. The van der Waals surface area contributed by atoms with Gasteiger partial charge in [-0.25, -0.2) is 4.63 Å². The molecule has 2 saturated heterocycles. The highest BCUT2D eigenvalue weighted by Gasteiger charge is 2.31. The Morgan fingerprint density at radius 3 is 2.79 bits per heavy atom. The molecule has 1 aromatic heterocycles. The van der Waals surface area contributed by atoms with E-state index in [1.807, 2.05) is 0 Å². The smallest absolute Gasteiger partial charge is 0.158 e. The highest BCUT2D eigenvalue weighted by molar-refractivity contribution is 5.92. The van der Waals surface area contributed by atoms with Crippen molar-refractivity contribution >= 4 is 22.3 Å². The number of ether oxygens (including phenoxy) is 1. The van der Waals surface area contributed by atoms with E-state index in [1.54, 1.807) is 7.11 Å². The van der Waals surface area contributed by atoms with Gasteiger partial charge in [0, 0.05) is 52.3 Å². The molecule has 0 bridgehead atoms. The first-order valence-electron chi connectivity index (χ1n) is 10.9. The molecular weight excluding hydrogens is 366 g/mol. The average Bonchev–Trinajstić information content (AvgIpc) is 3.40. The fourth-order valence-electron chi connectivity index (χ4n) is 4.94. The molecule has 0 aliphatic carbocycles. The average molecular weight is 398 g/mol. The van der Waals surface area contributed by atoms with Gasteiger partial charge < -0.3 is 14.5 Å². The van der Waals surface area contributed by atoms with Crippen molar-refractivity contribution < 1.29 is 9.37 Å². The standard InChI is InChI=1S/C22H31N5O2/c1-28-10-9-26-8-4-5-18(16-26)19-11-20-22(24-29-23-20)21(12-19)27-14-17(15-27)13-25-6-2-3-7-25/h5,11-12,17H,2-4,6-10,13-16H2,1H3. The molecule has 0 saturated carbocycles. The Hall–Kier alpha value is -1.96. The van der Waals surface area contributed by atoms with Crippen LogP contribution in [0.2, 0.25) is 0 Å². The molecular formula is C22H31N5O2. The summed E-state index contributed by atoms with van der Waals surface area (Å²) >= 11 is 0. The second-order valence-electron chi connectivity index (χ2n) is 8.69. The van der Waals surface area contributed by atoms with Crippen LogP contribution in [0.25, 0.3) is 16.6 Å². The molecule has 3 aliphatic heterocycles. The first kappa shape index (κ1) is 19.0. The van der Waals surface area contributed by atoms with Crippen molar-refractivity contribution in [2.24, 2.45) is 5.92 Å². The number of anilines is 1. The molecule has 7 nitrogen and oxygen atoms in total. The fourth-order valence-corrected chi connectivity index (χ4v) is 4.94. The van der Waals surface area contributed by atoms with E-state index in [9.17, 15) is 0 Å². The molecule has 156 valence electrons. The van der Waals surface area contributed by atoms with Gasteiger partial charge in [0.05, 0.1) is 12.3 Å². The number of nitrogens with zero attached hydrogens (tertiary/aromatic N) is 5. The molecule has 0 radical (unpaired) electrons. The number of hydrogen-bond acceptors (Lipinski definition) is 7. The maximum atomic E-state index is 5.26. The Morgan fingerprint density at radius 1 is 1.10 bits per heavy atom. The zero-order valence-electron chi connectivity index (χ0n) is 17.3. The van der Waals surface area contributed by atoms with Gasteiger partial charge in [-0.05, 0) is 65.9 Å². The molecule has 0 spiro atoms. The Bertz CT molecular complexity index is 867. The van der Waals surface area contributed by atoms with Crippen LogP contribution in [-0.2, 0) is 4.74 Å². The van der Waals surface area contributed by atoms with E-state index >= 15 is 0 Å². The van der Waals surface area contributed by atoms with E-state index in [4.69, 9.17) is 9.37 Å². The van der Waals surface area contributed by atoms with Gasteiger partial charge in [-0.2, -0.15) is 0 Å². The summed E-state index contributed by atoms with van der Waals surface area (Å²) in [5.41, 5.74) is 5.53. The summed E-state index contributed by atoms with van der Waals surface area (Å²) in [4.78, 5) is 7.52. The summed E-state index contributed by atoms with van der Waals surface area (Å²) in [6, 6.07) is 4.42. The third-order valence-electron chi connectivity index (χ3n) is 6.57.